The van der Waals surface area contributed by atoms with E-state index in [1.807, 2.05) is 7.05 Å². The highest BCUT2D eigenvalue weighted by molar-refractivity contribution is 5.80. The van der Waals surface area contributed by atoms with E-state index in [1.54, 1.807) is 0 Å². The SMILES string of the molecule is CN=C(NCc1ccccc1N1CCOCC1)N1CCc2ccccc2C1. The molecule has 5 heteroatoms. The molecule has 0 saturated carbocycles. The van der Waals surface area contributed by atoms with Crippen LogP contribution in [0, 0.1) is 0 Å². The average Bonchev–Trinajstić information content (AvgIpc) is 2.75. The zero-order valence-electron chi connectivity index (χ0n) is 16.0. The van der Waals surface area contributed by atoms with Crippen molar-refractivity contribution in [2.24, 2.45) is 4.99 Å². The smallest absolute Gasteiger partial charge is 0.194 e. The van der Waals surface area contributed by atoms with Crippen molar-refractivity contribution in [3.8, 4) is 0 Å². The molecule has 2 aromatic rings. The lowest BCUT2D eigenvalue weighted by Gasteiger charge is -2.33. The van der Waals surface area contributed by atoms with Crippen molar-refractivity contribution in [2.45, 2.75) is 19.5 Å². The molecule has 0 aromatic heterocycles. The van der Waals surface area contributed by atoms with Gasteiger partial charge in [-0.25, -0.2) is 0 Å². The van der Waals surface area contributed by atoms with Gasteiger partial charge in [-0.2, -0.15) is 0 Å². The maximum absolute atomic E-state index is 5.50. The van der Waals surface area contributed by atoms with E-state index in [2.05, 4.69) is 68.6 Å². The molecule has 0 spiro atoms. The highest BCUT2D eigenvalue weighted by Crippen LogP contribution is 2.22. The number of fused-ring (bicyclic) bond motifs is 1. The normalized spacial score (nSPS) is 17.6. The number of nitrogens with zero attached hydrogens (tertiary/aromatic N) is 3. The van der Waals surface area contributed by atoms with Crippen LogP contribution in [-0.4, -0.2) is 50.8 Å². The number of hydrogen-bond donors (Lipinski definition) is 1. The third-order valence-electron chi connectivity index (χ3n) is 5.42. The average molecular weight is 364 g/mol. The van der Waals surface area contributed by atoms with Gasteiger partial charge in [-0.15, -0.1) is 0 Å². The molecule has 27 heavy (non-hydrogen) atoms. The van der Waals surface area contributed by atoms with E-state index in [0.717, 1.165) is 58.3 Å². The molecule has 2 aliphatic rings. The number of benzene rings is 2. The van der Waals surface area contributed by atoms with Gasteiger partial charge in [0.2, 0.25) is 0 Å². The number of hydrogen-bond acceptors (Lipinski definition) is 3. The number of nitrogens with one attached hydrogen (secondary N) is 1. The molecule has 0 unspecified atom stereocenters. The Morgan fingerprint density at radius 2 is 1.74 bits per heavy atom. The summed E-state index contributed by atoms with van der Waals surface area (Å²) in [6.07, 6.45) is 1.07. The fourth-order valence-corrected chi connectivity index (χ4v) is 3.96. The van der Waals surface area contributed by atoms with E-state index < -0.39 is 0 Å². The first kappa shape index (κ1) is 17.9. The number of ether oxygens (including phenoxy) is 1. The highest BCUT2D eigenvalue weighted by Gasteiger charge is 2.19. The summed E-state index contributed by atoms with van der Waals surface area (Å²) < 4.78 is 5.50. The maximum atomic E-state index is 5.50. The summed E-state index contributed by atoms with van der Waals surface area (Å²) in [7, 11) is 1.87. The Morgan fingerprint density at radius 3 is 2.56 bits per heavy atom. The maximum Gasteiger partial charge on any atom is 0.194 e. The van der Waals surface area contributed by atoms with Crippen LogP contribution < -0.4 is 10.2 Å². The van der Waals surface area contributed by atoms with E-state index in [0.29, 0.717) is 0 Å². The summed E-state index contributed by atoms with van der Waals surface area (Å²) in [4.78, 5) is 9.30. The van der Waals surface area contributed by atoms with Crippen molar-refractivity contribution in [1.29, 1.82) is 0 Å². The van der Waals surface area contributed by atoms with Gasteiger partial charge in [0.05, 0.1) is 13.2 Å². The van der Waals surface area contributed by atoms with Gasteiger partial charge >= 0.3 is 0 Å². The van der Waals surface area contributed by atoms with Gasteiger partial charge in [0, 0.05) is 45.5 Å². The van der Waals surface area contributed by atoms with Gasteiger partial charge < -0.3 is 19.9 Å². The lowest BCUT2D eigenvalue weighted by atomic mass is 10.0. The molecule has 5 nitrogen and oxygen atoms in total. The van der Waals surface area contributed by atoms with Crippen molar-refractivity contribution in [3.05, 3.63) is 65.2 Å². The second-order valence-corrected chi connectivity index (χ2v) is 7.07. The topological polar surface area (TPSA) is 40.1 Å². The second kappa shape index (κ2) is 8.44. The predicted molar refractivity (Wildman–Crippen MR) is 110 cm³/mol. The van der Waals surface area contributed by atoms with Gasteiger partial charge in [0.1, 0.15) is 0 Å². The lowest BCUT2D eigenvalue weighted by Crippen LogP contribution is -2.44. The van der Waals surface area contributed by atoms with Crippen molar-refractivity contribution in [2.75, 3.05) is 44.8 Å². The first-order valence-corrected chi connectivity index (χ1v) is 9.78. The summed E-state index contributed by atoms with van der Waals surface area (Å²) >= 11 is 0. The van der Waals surface area contributed by atoms with Crippen LogP contribution in [0.25, 0.3) is 0 Å². The fraction of sp³-hybridized carbons (Fsp3) is 0.409. The van der Waals surface area contributed by atoms with Crippen LogP contribution in [0.3, 0.4) is 0 Å². The third-order valence-corrected chi connectivity index (χ3v) is 5.42. The third kappa shape index (κ3) is 4.08. The standard InChI is InChI=1S/C22H28N4O/c1-23-22(26-11-10-18-6-2-3-8-20(18)17-26)24-16-19-7-4-5-9-21(19)25-12-14-27-15-13-25/h2-9H,10-17H2,1H3,(H,23,24). The molecule has 142 valence electrons. The predicted octanol–water partition coefficient (Wildman–Crippen LogP) is 2.66. The number of para-hydroxylation sites is 1. The molecule has 0 radical (unpaired) electrons. The Hall–Kier alpha value is -2.53. The van der Waals surface area contributed by atoms with Gasteiger partial charge in [0.25, 0.3) is 0 Å². The minimum Gasteiger partial charge on any atom is -0.378 e. The largest absolute Gasteiger partial charge is 0.378 e. The van der Waals surface area contributed by atoms with Crippen LogP contribution >= 0.6 is 0 Å². The van der Waals surface area contributed by atoms with Crippen LogP contribution in [0.4, 0.5) is 5.69 Å². The summed E-state index contributed by atoms with van der Waals surface area (Å²) in [5.74, 6) is 0.973. The van der Waals surface area contributed by atoms with E-state index in [-0.39, 0.29) is 0 Å². The minimum absolute atomic E-state index is 0.776. The molecule has 1 N–H and O–H groups in total. The van der Waals surface area contributed by atoms with Crippen LogP contribution in [-0.2, 0) is 24.2 Å². The van der Waals surface area contributed by atoms with E-state index in [9.17, 15) is 0 Å². The van der Waals surface area contributed by atoms with Gasteiger partial charge in [-0.3, -0.25) is 4.99 Å². The van der Waals surface area contributed by atoms with Crippen LogP contribution in [0.5, 0.6) is 0 Å². The molecule has 1 fully saturated rings. The molecule has 4 rings (SSSR count). The Morgan fingerprint density at radius 1 is 1.00 bits per heavy atom. The summed E-state index contributed by atoms with van der Waals surface area (Å²) in [5.41, 5.74) is 5.47. The molecule has 2 aliphatic heterocycles. The van der Waals surface area contributed by atoms with Gasteiger partial charge in [-0.1, -0.05) is 42.5 Å². The summed E-state index contributed by atoms with van der Waals surface area (Å²) in [6, 6.07) is 17.4. The van der Waals surface area contributed by atoms with Crippen molar-refractivity contribution in [1.82, 2.24) is 10.2 Å². The van der Waals surface area contributed by atoms with Crippen molar-refractivity contribution in [3.63, 3.8) is 0 Å². The lowest BCUT2D eigenvalue weighted by molar-refractivity contribution is 0.122. The minimum atomic E-state index is 0.776. The molecular formula is C22H28N4O. The molecule has 2 aromatic carbocycles. The van der Waals surface area contributed by atoms with Crippen LogP contribution in [0.1, 0.15) is 16.7 Å². The number of morpholine rings is 1. The Kier molecular flexibility index (Phi) is 5.58. The first-order valence-electron chi connectivity index (χ1n) is 9.78. The molecule has 0 aliphatic carbocycles. The zero-order valence-corrected chi connectivity index (χ0v) is 16.0. The Bertz CT molecular complexity index is 798. The zero-order chi connectivity index (χ0) is 18.5. The fourth-order valence-electron chi connectivity index (χ4n) is 3.96. The summed E-state index contributed by atoms with van der Waals surface area (Å²) in [5, 5.41) is 3.58. The Labute approximate surface area is 161 Å². The monoisotopic (exact) mass is 364 g/mol. The number of aliphatic imine (C=N–C) groups is 1. The highest BCUT2D eigenvalue weighted by atomic mass is 16.5. The molecule has 0 amide bonds. The molecule has 0 atom stereocenters. The van der Waals surface area contributed by atoms with Crippen LogP contribution in [0.2, 0.25) is 0 Å². The quantitative estimate of drug-likeness (QED) is 0.671. The number of anilines is 1. The van der Waals surface area contributed by atoms with Gasteiger partial charge in [0.15, 0.2) is 5.96 Å². The van der Waals surface area contributed by atoms with E-state index in [4.69, 9.17) is 4.74 Å². The Balaban J connectivity index is 1.44. The van der Waals surface area contributed by atoms with Gasteiger partial charge in [-0.05, 0) is 29.2 Å². The van der Waals surface area contributed by atoms with E-state index >= 15 is 0 Å². The van der Waals surface area contributed by atoms with Crippen LogP contribution in [0.15, 0.2) is 53.5 Å². The molecule has 2 heterocycles. The van der Waals surface area contributed by atoms with Crippen molar-refractivity contribution < 1.29 is 4.74 Å². The molecular weight excluding hydrogens is 336 g/mol. The first-order chi connectivity index (χ1) is 13.3. The number of guanidine groups is 1. The molecule has 0 bridgehead atoms. The van der Waals surface area contributed by atoms with Crippen molar-refractivity contribution >= 4 is 11.6 Å². The van der Waals surface area contributed by atoms with E-state index in [1.165, 1.54) is 22.4 Å². The summed E-state index contributed by atoms with van der Waals surface area (Å²) in [6.45, 7) is 6.21. The number of rotatable bonds is 3. The second-order valence-electron chi connectivity index (χ2n) is 7.07. The molecule has 1 saturated heterocycles.